The monoisotopic (exact) mass is 233 g/mol. The molecule has 5 heteroatoms. The second kappa shape index (κ2) is 4.66. The van der Waals surface area contributed by atoms with Crippen LogP contribution in [0.25, 0.3) is 0 Å². The minimum Gasteiger partial charge on any atom is -0.284 e. The predicted molar refractivity (Wildman–Crippen MR) is 59.2 cm³/mol. The van der Waals surface area contributed by atoms with Crippen molar-refractivity contribution >= 4 is 27.3 Å². The fraction of sp³-hybridized carbons (Fsp3) is 0.333. The summed E-state index contributed by atoms with van der Waals surface area (Å²) < 4.78 is 25.2. The molecule has 0 saturated heterocycles. The van der Waals surface area contributed by atoms with Gasteiger partial charge in [-0.2, -0.15) is 0 Å². The fourth-order valence-corrected chi connectivity index (χ4v) is 2.37. The molecule has 0 atom stereocenters. The summed E-state index contributed by atoms with van der Waals surface area (Å²) in [5.41, 5.74) is 0.506. The Bertz CT molecular complexity index is 403. The zero-order chi connectivity index (χ0) is 10.6. The van der Waals surface area contributed by atoms with Gasteiger partial charge in [0.05, 0.1) is 5.75 Å². The van der Waals surface area contributed by atoms with Gasteiger partial charge in [-0.05, 0) is 24.6 Å². The van der Waals surface area contributed by atoms with Crippen LogP contribution < -0.4 is 4.72 Å². The van der Waals surface area contributed by atoms with Crippen LogP contribution in [-0.4, -0.2) is 14.2 Å². The Labute approximate surface area is 89.1 Å². The molecule has 1 rings (SSSR count). The number of hydrogen-bond acceptors (Lipinski definition) is 2. The molecule has 0 heterocycles. The number of rotatable bonds is 4. The Morgan fingerprint density at radius 3 is 2.71 bits per heavy atom. The lowest BCUT2D eigenvalue weighted by atomic mass is 10.3. The topological polar surface area (TPSA) is 46.2 Å². The number of anilines is 1. The molecule has 0 bridgehead atoms. The number of halogens is 1. The quantitative estimate of drug-likeness (QED) is 0.869. The van der Waals surface area contributed by atoms with E-state index in [1.807, 2.05) is 6.92 Å². The summed E-state index contributed by atoms with van der Waals surface area (Å²) >= 11 is 5.72. The molecule has 0 radical (unpaired) electrons. The van der Waals surface area contributed by atoms with Crippen molar-refractivity contribution in [3.63, 3.8) is 0 Å². The summed E-state index contributed by atoms with van der Waals surface area (Å²) in [6.45, 7) is 1.82. The highest BCUT2D eigenvalue weighted by molar-refractivity contribution is 7.92. The summed E-state index contributed by atoms with van der Waals surface area (Å²) in [6, 6.07) is 6.64. The molecule has 0 fully saturated rings. The lowest BCUT2D eigenvalue weighted by Gasteiger charge is -2.06. The van der Waals surface area contributed by atoms with Crippen LogP contribution >= 0.6 is 11.6 Å². The van der Waals surface area contributed by atoms with E-state index in [0.717, 1.165) is 0 Å². The van der Waals surface area contributed by atoms with Crippen LogP contribution in [0.5, 0.6) is 0 Å². The molecule has 0 spiro atoms. The summed E-state index contributed by atoms with van der Waals surface area (Å²) in [6.07, 6.45) is 0.593. The molecule has 0 saturated carbocycles. The van der Waals surface area contributed by atoms with Crippen molar-refractivity contribution in [3.05, 3.63) is 29.3 Å². The SMILES string of the molecule is CCCS(=O)(=O)Nc1cccc(Cl)c1. The van der Waals surface area contributed by atoms with E-state index in [2.05, 4.69) is 4.72 Å². The fourth-order valence-electron chi connectivity index (χ4n) is 1.05. The minimum absolute atomic E-state index is 0.125. The Morgan fingerprint density at radius 2 is 2.14 bits per heavy atom. The van der Waals surface area contributed by atoms with E-state index >= 15 is 0 Å². The van der Waals surface area contributed by atoms with Crippen molar-refractivity contribution in [3.8, 4) is 0 Å². The summed E-state index contributed by atoms with van der Waals surface area (Å²) in [5.74, 6) is 0.125. The van der Waals surface area contributed by atoms with Crippen LogP contribution in [0.3, 0.4) is 0 Å². The normalized spacial score (nSPS) is 11.3. The first-order valence-corrected chi connectivity index (χ1v) is 6.32. The Kier molecular flexibility index (Phi) is 3.77. The Morgan fingerprint density at radius 1 is 1.43 bits per heavy atom. The van der Waals surface area contributed by atoms with Crippen LogP contribution in [0.2, 0.25) is 5.02 Å². The van der Waals surface area contributed by atoms with E-state index in [0.29, 0.717) is 17.1 Å². The molecule has 0 aliphatic heterocycles. The van der Waals surface area contributed by atoms with E-state index in [1.54, 1.807) is 24.3 Å². The first-order chi connectivity index (χ1) is 6.53. The van der Waals surface area contributed by atoms with E-state index < -0.39 is 10.0 Å². The van der Waals surface area contributed by atoms with E-state index in [1.165, 1.54) is 0 Å². The van der Waals surface area contributed by atoms with E-state index in [9.17, 15) is 8.42 Å². The standard InChI is InChI=1S/C9H12ClNO2S/c1-2-6-14(12,13)11-9-5-3-4-8(10)7-9/h3-5,7,11H,2,6H2,1H3. The molecule has 0 aliphatic rings. The van der Waals surface area contributed by atoms with Gasteiger partial charge in [0, 0.05) is 10.7 Å². The van der Waals surface area contributed by atoms with Gasteiger partial charge < -0.3 is 0 Å². The summed E-state index contributed by atoms with van der Waals surface area (Å²) in [7, 11) is -3.21. The highest BCUT2D eigenvalue weighted by atomic mass is 35.5. The maximum absolute atomic E-state index is 11.4. The average molecular weight is 234 g/mol. The largest absolute Gasteiger partial charge is 0.284 e. The van der Waals surface area contributed by atoms with E-state index in [-0.39, 0.29) is 5.75 Å². The van der Waals surface area contributed by atoms with Gasteiger partial charge in [-0.3, -0.25) is 4.72 Å². The molecule has 1 N–H and O–H groups in total. The molecule has 14 heavy (non-hydrogen) atoms. The maximum Gasteiger partial charge on any atom is 0.232 e. The zero-order valence-corrected chi connectivity index (χ0v) is 9.40. The smallest absolute Gasteiger partial charge is 0.232 e. The first-order valence-electron chi connectivity index (χ1n) is 4.29. The number of hydrogen-bond donors (Lipinski definition) is 1. The molecule has 0 amide bonds. The molecule has 0 aromatic heterocycles. The maximum atomic E-state index is 11.4. The second-order valence-electron chi connectivity index (χ2n) is 2.93. The van der Waals surface area contributed by atoms with Gasteiger partial charge in [-0.15, -0.1) is 0 Å². The van der Waals surface area contributed by atoms with Crippen LogP contribution in [-0.2, 0) is 10.0 Å². The van der Waals surface area contributed by atoms with Crippen LogP contribution in [0.4, 0.5) is 5.69 Å². The molecular weight excluding hydrogens is 222 g/mol. The first kappa shape index (κ1) is 11.3. The average Bonchev–Trinajstić information content (AvgIpc) is 2.02. The van der Waals surface area contributed by atoms with Crippen molar-refractivity contribution in [2.45, 2.75) is 13.3 Å². The Balaban J connectivity index is 2.79. The third kappa shape index (κ3) is 3.55. The number of benzene rings is 1. The van der Waals surface area contributed by atoms with Gasteiger partial charge >= 0.3 is 0 Å². The summed E-state index contributed by atoms with van der Waals surface area (Å²) in [5, 5.41) is 0.515. The molecular formula is C9H12ClNO2S. The van der Waals surface area contributed by atoms with Crippen LogP contribution in [0.15, 0.2) is 24.3 Å². The Hall–Kier alpha value is -0.740. The second-order valence-corrected chi connectivity index (χ2v) is 5.21. The highest BCUT2D eigenvalue weighted by Crippen LogP contribution is 2.16. The molecule has 78 valence electrons. The van der Waals surface area contributed by atoms with Gasteiger partial charge in [-0.25, -0.2) is 8.42 Å². The third-order valence-corrected chi connectivity index (χ3v) is 3.30. The zero-order valence-electron chi connectivity index (χ0n) is 7.83. The number of sulfonamides is 1. The van der Waals surface area contributed by atoms with Gasteiger partial charge in [0.25, 0.3) is 0 Å². The van der Waals surface area contributed by atoms with E-state index in [4.69, 9.17) is 11.6 Å². The lowest BCUT2D eigenvalue weighted by molar-refractivity contribution is 0.600. The molecule has 1 aromatic rings. The summed E-state index contributed by atoms with van der Waals surface area (Å²) in [4.78, 5) is 0. The van der Waals surface area contributed by atoms with Gasteiger partial charge in [0.15, 0.2) is 0 Å². The van der Waals surface area contributed by atoms with Crippen molar-refractivity contribution in [2.75, 3.05) is 10.5 Å². The third-order valence-electron chi connectivity index (χ3n) is 1.57. The highest BCUT2D eigenvalue weighted by Gasteiger charge is 2.08. The molecule has 0 aliphatic carbocycles. The predicted octanol–water partition coefficient (Wildman–Crippen LogP) is 2.49. The molecule has 3 nitrogen and oxygen atoms in total. The van der Waals surface area contributed by atoms with Crippen LogP contribution in [0, 0.1) is 0 Å². The van der Waals surface area contributed by atoms with Gasteiger partial charge in [0.2, 0.25) is 10.0 Å². The minimum atomic E-state index is -3.21. The molecule has 0 unspecified atom stereocenters. The van der Waals surface area contributed by atoms with Crippen LogP contribution in [0.1, 0.15) is 13.3 Å². The number of nitrogens with one attached hydrogen (secondary N) is 1. The van der Waals surface area contributed by atoms with Gasteiger partial charge in [0.1, 0.15) is 0 Å². The van der Waals surface area contributed by atoms with Gasteiger partial charge in [-0.1, -0.05) is 24.6 Å². The van der Waals surface area contributed by atoms with Crippen molar-refractivity contribution in [2.24, 2.45) is 0 Å². The van der Waals surface area contributed by atoms with Crippen molar-refractivity contribution < 1.29 is 8.42 Å². The lowest BCUT2D eigenvalue weighted by Crippen LogP contribution is -2.15. The molecule has 1 aromatic carbocycles. The van der Waals surface area contributed by atoms with Crippen molar-refractivity contribution in [1.29, 1.82) is 0 Å². The van der Waals surface area contributed by atoms with Crippen molar-refractivity contribution in [1.82, 2.24) is 0 Å².